The number of aliphatic hydroxyl groups is 1. The molecule has 1 saturated heterocycles. The van der Waals surface area contributed by atoms with E-state index in [1.54, 1.807) is 12.2 Å². The van der Waals surface area contributed by atoms with Gasteiger partial charge >= 0.3 is 5.97 Å². The van der Waals surface area contributed by atoms with E-state index < -0.39 is 40.9 Å². The molecule has 5 aliphatic carbocycles. The van der Waals surface area contributed by atoms with E-state index in [0.717, 1.165) is 57.2 Å². The molecule has 0 radical (unpaired) electrons. The van der Waals surface area contributed by atoms with Gasteiger partial charge in [-0.2, -0.15) is 0 Å². The molecule has 8 nitrogen and oxygen atoms in total. The van der Waals surface area contributed by atoms with Crippen LogP contribution in [0, 0.1) is 34.5 Å². The number of Topliss-reactive ketones (excluding diaryl/α,β-unsaturated/α-hetero) is 1. The van der Waals surface area contributed by atoms with Gasteiger partial charge in [0, 0.05) is 22.7 Å². The lowest BCUT2D eigenvalue weighted by molar-refractivity contribution is -0.210. The molecule has 232 valence electrons. The molecule has 1 heterocycles. The molecular weight excluding hydrogens is 534 g/mol. The summed E-state index contributed by atoms with van der Waals surface area (Å²) in [5.74, 6) is -0.185. The van der Waals surface area contributed by atoms with Crippen molar-refractivity contribution in [2.45, 2.75) is 110 Å². The highest BCUT2D eigenvalue weighted by Gasteiger charge is 2.76. The summed E-state index contributed by atoms with van der Waals surface area (Å²) in [5.41, 5.74) is -1.22. The Balaban J connectivity index is 1.31. The van der Waals surface area contributed by atoms with Crippen LogP contribution >= 0.6 is 0 Å². The monoisotopic (exact) mass is 583 g/mol. The summed E-state index contributed by atoms with van der Waals surface area (Å²) in [4.78, 5) is 41.3. The first-order valence-electron chi connectivity index (χ1n) is 16.4. The number of aliphatic hydroxyl groups excluding tert-OH is 1. The molecule has 0 aromatic carbocycles. The van der Waals surface area contributed by atoms with Crippen LogP contribution in [0.4, 0.5) is 0 Å². The van der Waals surface area contributed by atoms with Crippen LogP contribution in [-0.4, -0.2) is 77.9 Å². The van der Waals surface area contributed by atoms with Gasteiger partial charge in [0.1, 0.15) is 0 Å². The van der Waals surface area contributed by atoms with Crippen LogP contribution in [-0.2, 0) is 28.6 Å². The maximum Gasteiger partial charge on any atom is 0.320 e. The van der Waals surface area contributed by atoms with E-state index in [1.807, 2.05) is 24.8 Å². The lowest BCUT2D eigenvalue weighted by Crippen LogP contribution is -2.63. The molecule has 0 amide bonds. The molecule has 1 aliphatic heterocycles. The summed E-state index contributed by atoms with van der Waals surface area (Å²) in [5, 5.41) is 11.9. The van der Waals surface area contributed by atoms with Crippen molar-refractivity contribution in [1.29, 1.82) is 0 Å². The van der Waals surface area contributed by atoms with E-state index in [-0.39, 0.29) is 48.4 Å². The summed E-state index contributed by atoms with van der Waals surface area (Å²) in [6.07, 6.45) is 12.1. The van der Waals surface area contributed by atoms with Crippen molar-refractivity contribution < 1.29 is 33.7 Å². The number of hydrogen-bond donors (Lipinski definition) is 1. The summed E-state index contributed by atoms with van der Waals surface area (Å²) in [7, 11) is 0. The van der Waals surface area contributed by atoms with Gasteiger partial charge in [-0.25, -0.2) is 0 Å². The Kier molecular flexibility index (Phi) is 8.08. The Bertz CT molecular complexity index is 1150. The summed E-state index contributed by atoms with van der Waals surface area (Å²) >= 11 is 0. The average Bonchev–Trinajstić information content (AvgIpc) is 3.48. The fourth-order valence-electron chi connectivity index (χ4n) is 10.1. The minimum absolute atomic E-state index is 0.0158. The number of hydrogen-bond acceptors (Lipinski definition) is 8. The predicted octanol–water partition coefficient (Wildman–Crippen LogP) is 4.39. The van der Waals surface area contributed by atoms with E-state index in [0.29, 0.717) is 12.8 Å². The van der Waals surface area contributed by atoms with Crippen LogP contribution in [0.1, 0.15) is 85.5 Å². The standard InChI is InChI=1S/C34H49NO7/c1-5-35(6-2)19-29(39)40-20-27(38)34-28(41-31(42-34)21-10-8-7-9-11-21)17-25-24-13-12-22-16-23(36)14-15-32(22,3)30(24)26(37)18-33(25,34)4/h14-16,21,24-26,28,30-31,37H,5-13,17-20H2,1-4H3/t24-,25-,26-,28-,30+,31+,32-,33-,34+/m0/s1. The molecular formula is C34H49NO7. The molecule has 8 heteroatoms. The summed E-state index contributed by atoms with van der Waals surface area (Å²) < 4.78 is 19.3. The minimum Gasteiger partial charge on any atom is -0.457 e. The first-order valence-corrected chi connectivity index (χ1v) is 16.4. The Labute approximate surface area is 250 Å². The van der Waals surface area contributed by atoms with E-state index in [1.165, 1.54) is 6.42 Å². The Morgan fingerprint density at radius 2 is 1.86 bits per heavy atom. The number of fused-ring (bicyclic) bond motifs is 7. The van der Waals surface area contributed by atoms with Gasteiger partial charge in [-0.3, -0.25) is 19.3 Å². The minimum atomic E-state index is -1.27. The Morgan fingerprint density at radius 3 is 2.57 bits per heavy atom. The normalized spacial score (nSPS) is 42.9. The number of ketones is 2. The number of allylic oxidation sites excluding steroid dienone is 4. The van der Waals surface area contributed by atoms with Crippen LogP contribution in [0.15, 0.2) is 23.8 Å². The number of nitrogens with zero attached hydrogens (tertiary/aromatic N) is 1. The molecule has 0 spiro atoms. The Morgan fingerprint density at radius 1 is 1.12 bits per heavy atom. The molecule has 1 N–H and O–H groups in total. The van der Waals surface area contributed by atoms with Gasteiger partial charge in [0.2, 0.25) is 5.78 Å². The summed E-state index contributed by atoms with van der Waals surface area (Å²) in [6, 6.07) is 0. The zero-order chi connectivity index (χ0) is 29.9. The second-order valence-corrected chi connectivity index (χ2v) is 14.2. The van der Waals surface area contributed by atoms with Gasteiger partial charge in [-0.15, -0.1) is 0 Å². The molecule has 42 heavy (non-hydrogen) atoms. The quantitative estimate of drug-likeness (QED) is 0.420. The van der Waals surface area contributed by atoms with Crippen molar-refractivity contribution in [3.05, 3.63) is 23.8 Å². The van der Waals surface area contributed by atoms with Crippen LogP contribution < -0.4 is 0 Å². The zero-order valence-corrected chi connectivity index (χ0v) is 25.8. The molecule has 0 bridgehead atoms. The van der Waals surface area contributed by atoms with Crippen LogP contribution in [0.25, 0.3) is 0 Å². The van der Waals surface area contributed by atoms with Gasteiger partial charge < -0.3 is 19.3 Å². The Hall–Kier alpha value is -1.87. The number of ether oxygens (including phenoxy) is 3. The largest absolute Gasteiger partial charge is 0.457 e. The molecule has 4 saturated carbocycles. The highest BCUT2D eigenvalue weighted by atomic mass is 16.7. The van der Waals surface area contributed by atoms with Crippen molar-refractivity contribution in [2.24, 2.45) is 34.5 Å². The van der Waals surface area contributed by atoms with Crippen molar-refractivity contribution in [2.75, 3.05) is 26.2 Å². The fourth-order valence-corrected chi connectivity index (χ4v) is 10.1. The number of carbonyl (C=O) groups is 3. The van der Waals surface area contributed by atoms with Gasteiger partial charge in [0.05, 0.1) is 18.8 Å². The number of likely N-dealkylation sites (N-methyl/N-ethyl adjacent to an activating group) is 1. The molecule has 5 fully saturated rings. The smallest absolute Gasteiger partial charge is 0.320 e. The third-order valence-electron chi connectivity index (χ3n) is 12.3. The van der Waals surface area contributed by atoms with Gasteiger partial charge in [0.15, 0.2) is 24.3 Å². The van der Waals surface area contributed by atoms with Gasteiger partial charge in [0.25, 0.3) is 0 Å². The topological polar surface area (TPSA) is 102 Å². The van der Waals surface area contributed by atoms with Crippen molar-refractivity contribution in [3.8, 4) is 0 Å². The molecule has 9 atom stereocenters. The highest BCUT2D eigenvalue weighted by molar-refractivity contribution is 6.01. The van der Waals surface area contributed by atoms with E-state index in [9.17, 15) is 19.5 Å². The van der Waals surface area contributed by atoms with Gasteiger partial charge in [-0.05, 0) is 75.6 Å². The fraction of sp³-hybridized carbons (Fsp3) is 0.794. The molecule has 0 aromatic heterocycles. The van der Waals surface area contributed by atoms with Crippen LogP contribution in [0.2, 0.25) is 0 Å². The van der Waals surface area contributed by atoms with Gasteiger partial charge in [-0.1, -0.05) is 58.6 Å². The predicted molar refractivity (Wildman–Crippen MR) is 156 cm³/mol. The highest BCUT2D eigenvalue weighted by Crippen LogP contribution is 2.70. The third-order valence-corrected chi connectivity index (χ3v) is 12.3. The van der Waals surface area contributed by atoms with E-state index in [2.05, 4.69) is 13.8 Å². The number of esters is 1. The second kappa shape index (κ2) is 11.2. The first-order chi connectivity index (χ1) is 20.1. The van der Waals surface area contributed by atoms with Crippen LogP contribution in [0.3, 0.4) is 0 Å². The lowest BCUT2D eigenvalue weighted by atomic mass is 9.46. The van der Waals surface area contributed by atoms with Crippen molar-refractivity contribution in [3.63, 3.8) is 0 Å². The molecule has 0 aromatic rings. The molecule has 6 rings (SSSR count). The van der Waals surface area contributed by atoms with Crippen LogP contribution in [0.5, 0.6) is 0 Å². The maximum absolute atomic E-state index is 14.4. The maximum atomic E-state index is 14.4. The average molecular weight is 584 g/mol. The first kappa shape index (κ1) is 30.2. The third kappa shape index (κ3) is 4.58. The SMILES string of the molecule is CCN(CC)CC(=O)OCC(=O)[C@@]12O[C@H](C3CCCCC3)O[C@H]1C[C@H]1[C@@H]3CCC4=CC(=O)C=C[C@]4(C)[C@H]3[C@@H](O)C[C@@]12C. The molecule has 6 aliphatic rings. The zero-order valence-electron chi connectivity index (χ0n) is 25.8. The summed E-state index contributed by atoms with van der Waals surface area (Å²) in [6.45, 7) is 9.51. The second-order valence-electron chi connectivity index (χ2n) is 14.2. The van der Waals surface area contributed by atoms with E-state index in [4.69, 9.17) is 14.2 Å². The van der Waals surface area contributed by atoms with Crippen molar-refractivity contribution in [1.82, 2.24) is 4.90 Å². The van der Waals surface area contributed by atoms with Crippen molar-refractivity contribution >= 4 is 17.5 Å². The van der Waals surface area contributed by atoms with E-state index >= 15 is 0 Å². The lowest BCUT2D eigenvalue weighted by Gasteiger charge is -2.59. The number of carbonyl (C=O) groups excluding carboxylic acids is 3. The number of rotatable bonds is 8. The molecule has 0 unspecified atom stereocenters.